The molecule has 0 atom stereocenters. The van der Waals surface area contributed by atoms with Gasteiger partial charge in [0.05, 0.1) is 99.1 Å². The number of unbranched alkanes of at least 4 members (excludes halogenated alkanes) is 15. The molecule has 0 unspecified atom stereocenters. The van der Waals surface area contributed by atoms with Crippen LogP contribution in [0.4, 0.5) is 0 Å². The van der Waals surface area contributed by atoms with Crippen LogP contribution in [0.5, 0.6) is 5.75 Å². The molecule has 0 spiro atoms. The van der Waals surface area contributed by atoms with Gasteiger partial charge in [0.15, 0.2) is 0 Å². The quantitative estimate of drug-likeness (QED) is 0.0608. The molecule has 52 heavy (non-hydrogen) atoms. The number of hydrogen-bond donors (Lipinski definition) is 0. The van der Waals surface area contributed by atoms with Crippen molar-refractivity contribution in [3.63, 3.8) is 0 Å². The molecule has 0 bridgehead atoms. The molecular weight excluding hydrogens is 660 g/mol. The normalized spacial score (nSPS) is 11.5. The van der Waals surface area contributed by atoms with E-state index in [1.165, 1.54) is 108 Å². The monoisotopic (exact) mass is 741 g/mol. The molecule has 9 heteroatoms. The summed E-state index contributed by atoms with van der Waals surface area (Å²) in [6.45, 7) is 14.2. The zero-order chi connectivity index (χ0) is 37.1. The molecule has 0 aromatic heterocycles. The highest BCUT2D eigenvalue weighted by Gasteiger charge is 1.99. The fourth-order valence-corrected chi connectivity index (χ4v) is 5.59. The fourth-order valence-electron chi connectivity index (χ4n) is 5.59. The Bertz CT molecular complexity index is 795. The van der Waals surface area contributed by atoms with Crippen molar-refractivity contribution < 1.29 is 42.6 Å². The Balaban J connectivity index is 1.67. The van der Waals surface area contributed by atoms with Gasteiger partial charge in [0, 0.05) is 6.61 Å². The molecule has 0 saturated heterocycles. The van der Waals surface area contributed by atoms with E-state index >= 15 is 0 Å². The Kier molecular flexibility index (Phi) is 39.8. The molecule has 0 saturated carbocycles. The van der Waals surface area contributed by atoms with Gasteiger partial charge in [0.1, 0.15) is 12.4 Å². The van der Waals surface area contributed by atoms with Crippen LogP contribution >= 0.6 is 0 Å². The lowest BCUT2D eigenvalue weighted by Gasteiger charge is -2.09. The molecule has 0 aliphatic rings. The van der Waals surface area contributed by atoms with Crippen molar-refractivity contribution in [1.82, 2.24) is 0 Å². The minimum Gasteiger partial charge on any atom is -0.491 e. The Morgan fingerprint density at radius 3 is 0.942 bits per heavy atom. The van der Waals surface area contributed by atoms with E-state index < -0.39 is 0 Å². The van der Waals surface area contributed by atoms with Crippen LogP contribution in [-0.2, 0) is 44.3 Å². The number of hydrogen-bond acceptors (Lipinski definition) is 9. The van der Waals surface area contributed by atoms with Gasteiger partial charge in [-0.3, -0.25) is 0 Å². The summed E-state index contributed by atoms with van der Waals surface area (Å²) in [6.07, 6.45) is 24.0. The Morgan fingerprint density at radius 2 is 0.577 bits per heavy atom. The summed E-state index contributed by atoms with van der Waals surface area (Å²) in [5.41, 5.74) is 1.38. The summed E-state index contributed by atoms with van der Waals surface area (Å²) in [6, 6.07) is 8.46. The predicted molar refractivity (Wildman–Crippen MR) is 212 cm³/mol. The van der Waals surface area contributed by atoms with Crippen LogP contribution in [-0.4, -0.2) is 112 Å². The standard InChI is InChI=1S/C43H80O9/c1-3-5-7-9-11-12-13-14-15-17-19-25-44-26-27-45-28-29-46-30-31-47-32-33-48-34-35-49-36-37-50-38-39-51-40-41-52-43-23-21-42(22-24-43)20-18-16-10-8-6-4-2/h21-24H,3-20,25-41H2,1-2H3. The maximum Gasteiger partial charge on any atom is 0.119 e. The smallest absolute Gasteiger partial charge is 0.119 e. The molecule has 1 aromatic carbocycles. The van der Waals surface area contributed by atoms with Crippen molar-refractivity contribution in [1.29, 1.82) is 0 Å². The number of aryl methyl sites for hydroxylation is 1. The highest BCUT2D eigenvalue weighted by Crippen LogP contribution is 2.15. The van der Waals surface area contributed by atoms with Crippen molar-refractivity contribution in [2.24, 2.45) is 0 Å². The van der Waals surface area contributed by atoms with E-state index in [9.17, 15) is 0 Å². The third-order valence-corrected chi connectivity index (χ3v) is 8.74. The van der Waals surface area contributed by atoms with E-state index in [0.717, 1.165) is 25.2 Å². The van der Waals surface area contributed by atoms with E-state index in [2.05, 4.69) is 38.1 Å². The molecule has 9 nitrogen and oxygen atoms in total. The maximum atomic E-state index is 5.78. The van der Waals surface area contributed by atoms with Crippen LogP contribution in [0.3, 0.4) is 0 Å². The summed E-state index contributed by atoms with van der Waals surface area (Å²) in [5.74, 6) is 0.892. The van der Waals surface area contributed by atoms with Gasteiger partial charge in [-0.1, -0.05) is 122 Å². The average Bonchev–Trinajstić information content (AvgIpc) is 3.16. The summed E-state index contributed by atoms with van der Waals surface area (Å²) in [7, 11) is 0. The second-order valence-electron chi connectivity index (χ2n) is 13.4. The van der Waals surface area contributed by atoms with Crippen molar-refractivity contribution in [3.8, 4) is 5.75 Å². The Labute approximate surface area is 319 Å². The lowest BCUT2D eigenvalue weighted by atomic mass is 10.0. The third-order valence-electron chi connectivity index (χ3n) is 8.74. The van der Waals surface area contributed by atoms with E-state index in [-0.39, 0.29) is 0 Å². The first kappa shape index (κ1) is 48.7. The highest BCUT2D eigenvalue weighted by atomic mass is 16.6. The van der Waals surface area contributed by atoms with Gasteiger partial charge in [-0.15, -0.1) is 0 Å². The number of benzene rings is 1. The molecule has 1 rings (SSSR count). The van der Waals surface area contributed by atoms with E-state index in [4.69, 9.17) is 42.6 Å². The largest absolute Gasteiger partial charge is 0.491 e. The van der Waals surface area contributed by atoms with Crippen molar-refractivity contribution >= 4 is 0 Å². The lowest BCUT2D eigenvalue weighted by molar-refractivity contribution is -0.0236. The van der Waals surface area contributed by atoms with Gasteiger partial charge in [0.25, 0.3) is 0 Å². The molecule has 0 aliphatic carbocycles. The van der Waals surface area contributed by atoms with Gasteiger partial charge in [-0.2, -0.15) is 0 Å². The summed E-state index contributed by atoms with van der Waals surface area (Å²) in [4.78, 5) is 0. The minimum absolute atomic E-state index is 0.532. The zero-order valence-electron chi connectivity index (χ0n) is 33.7. The number of ether oxygens (including phenoxy) is 9. The topological polar surface area (TPSA) is 83.1 Å². The van der Waals surface area contributed by atoms with Crippen LogP contribution in [0.1, 0.15) is 129 Å². The lowest BCUT2D eigenvalue weighted by Crippen LogP contribution is -2.15. The second-order valence-corrected chi connectivity index (χ2v) is 13.4. The summed E-state index contributed by atoms with van der Waals surface area (Å²) in [5, 5.41) is 0. The molecule has 0 aliphatic heterocycles. The number of rotatable bonds is 44. The first-order valence-electron chi connectivity index (χ1n) is 21.2. The minimum atomic E-state index is 0.532. The second kappa shape index (κ2) is 42.4. The van der Waals surface area contributed by atoms with E-state index in [1.807, 2.05) is 0 Å². The third kappa shape index (κ3) is 37.0. The van der Waals surface area contributed by atoms with Crippen LogP contribution in [0.2, 0.25) is 0 Å². The molecule has 0 heterocycles. The van der Waals surface area contributed by atoms with Gasteiger partial charge in [0.2, 0.25) is 0 Å². The SMILES string of the molecule is CCCCCCCCCCCCCOCCOCCOCCOCCOCCOCCOCCOCCOc1ccc(CCCCCCCC)cc1. The summed E-state index contributed by atoms with van der Waals surface area (Å²) < 4.78 is 50.3. The van der Waals surface area contributed by atoms with E-state index in [1.54, 1.807) is 0 Å². The molecule has 306 valence electrons. The molecule has 0 amide bonds. The van der Waals surface area contributed by atoms with Crippen LogP contribution < -0.4 is 4.74 Å². The molecular formula is C43H80O9. The first-order chi connectivity index (χ1) is 25.9. The zero-order valence-corrected chi connectivity index (χ0v) is 33.7. The Morgan fingerprint density at radius 1 is 0.288 bits per heavy atom. The molecule has 0 radical (unpaired) electrons. The van der Waals surface area contributed by atoms with Crippen molar-refractivity contribution in [2.45, 2.75) is 129 Å². The summed E-state index contributed by atoms with van der Waals surface area (Å²) >= 11 is 0. The van der Waals surface area contributed by atoms with Crippen LogP contribution in [0.15, 0.2) is 24.3 Å². The van der Waals surface area contributed by atoms with E-state index in [0.29, 0.717) is 106 Å². The van der Waals surface area contributed by atoms with Crippen LogP contribution in [0, 0.1) is 0 Å². The fraction of sp³-hybridized carbons (Fsp3) is 0.860. The van der Waals surface area contributed by atoms with Crippen molar-refractivity contribution in [2.75, 3.05) is 112 Å². The van der Waals surface area contributed by atoms with Gasteiger partial charge >= 0.3 is 0 Å². The maximum absolute atomic E-state index is 5.78. The van der Waals surface area contributed by atoms with Crippen molar-refractivity contribution in [3.05, 3.63) is 29.8 Å². The highest BCUT2D eigenvalue weighted by molar-refractivity contribution is 5.27. The van der Waals surface area contributed by atoms with Gasteiger partial charge in [-0.25, -0.2) is 0 Å². The van der Waals surface area contributed by atoms with Crippen LogP contribution in [0.25, 0.3) is 0 Å². The van der Waals surface area contributed by atoms with Gasteiger partial charge in [-0.05, 0) is 37.0 Å². The average molecular weight is 741 g/mol. The molecule has 0 N–H and O–H groups in total. The Hall–Kier alpha value is -1.30. The van der Waals surface area contributed by atoms with Gasteiger partial charge < -0.3 is 42.6 Å². The molecule has 0 fully saturated rings. The molecule has 1 aromatic rings. The first-order valence-corrected chi connectivity index (χ1v) is 21.2. The predicted octanol–water partition coefficient (Wildman–Crippen LogP) is 9.41.